The van der Waals surface area contributed by atoms with Gasteiger partial charge in [0.15, 0.2) is 23.1 Å². The van der Waals surface area contributed by atoms with Crippen molar-refractivity contribution in [2.75, 3.05) is 6.61 Å². The highest BCUT2D eigenvalue weighted by atomic mass is 35.5. The molecule has 0 amide bonds. The number of aryl methyl sites for hydroxylation is 2. The molecule has 0 atom stereocenters. The summed E-state index contributed by atoms with van der Waals surface area (Å²) in [7, 11) is 0. The van der Waals surface area contributed by atoms with Crippen molar-refractivity contribution in [2.45, 2.75) is 93.2 Å². The summed E-state index contributed by atoms with van der Waals surface area (Å²) in [5.41, 5.74) is 8.38. The van der Waals surface area contributed by atoms with E-state index in [0.29, 0.717) is 49.1 Å². The second-order valence-corrected chi connectivity index (χ2v) is 15.6. The van der Waals surface area contributed by atoms with Crippen molar-refractivity contribution in [3.05, 3.63) is 116 Å². The summed E-state index contributed by atoms with van der Waals surface area (Å²) in [6.45, 7) is 16.1. The Morgan fingerprint density at radius 2 is 1.34 bits per heavy atom. The fraction of sp³-hybridized carbons (Fsp3) is 0.415. The zero-order chi connectivity index (χ0) is 33.7. The Morgan fingerprint density at radius 1 is 0.766 bits per heavy atom. The van der Waals surface area contributed by atoms with Crippen LogP contribution in [0.15, 0.2) is 83.2 Å². The van der Waals surface area contributed by atoms with Gasteiger partial charge in [-0.3, -0.25) is 9.59 Å². The molecule has 0 spiro atoms. The summed E-state index contributed by atoms with van der Waals surface area (Å²) >= 11 is 7.05. The highest BCUT2D eigenvalue weighted by Crippen LogP contribution is 2.56. The third-order valence-electron chi connectivity index (χ3n) is 9.54. The number of Topliss-reactive ketones (excluding diaryl/α,β-unsaturated/α-hetero) is 2. The number of carbonyl (C=O) groups is 2. The van der Waals surface area contributed by atoms with Crippen LogP contribution < -0.4 is 9.47 Å². The van der Waals surface area contributed by atoms with Gasteiger partial charge >= 0.3 is 0 Å². The molecule has 0 aromatic heterocycles. The first-order valence-corrected chi connectivity index (χ1v) is 17.1. The first kappa shape index (κ1) is 33.1. The second-order valence-electron chi connectivity index (χ2n) is 15.2. The fourth-order valence-electron chi connectivity index (χ4n) is 7.80. The van der Waals surface area contributed by atoms with E-state index in [9.17, 15) is 9.59 Å². The normalized spacial score (nSPS) is 19.1. The third-order valence-corrected chi connectivity index (χ3v) is 9.82. The number of allylic oxidation sites excluding steroid dienone is 4. The molecule has 2 aliphatic carbocycles. The largest absolute Gasteiger partial charge is 0.490 e. The molecule has 0 saturated heterocycles. The van der Waals surface area contributed by atoms with E-state index in [-0.39, 0.29) is 22.4 Å². The SMILES string of the molecule is CCOc1cc(C2C3=C(CC(C)(C)CC3=O)N(Cc3ccccc3)C3=C2C(=O)CC(C)(C)C3)cc(Cl)c1OCc1cc(C)cc(C)c1. The number of rotatable bonds is 8. The second kappa shape index (κ2) is 12.6. The van der Waals surface area contributed by atoms with Crippen LogP contribution in [-0.4, -0.2) is 23.1 Å². The van der Waals surface area contributed by atoms with Crippen molar-refractivity contribution in [2.24, 2.45) is 10.8 Å². The van der Waals surface area contributed by atoms with Gasteiger partial charge in [0.1, 0.15) is 6.61 Å². The number of carbonyl (C=O) groups excluding carboxylic acids is 2. The van der Waals surface area contributed by atoms with Crippen molar-refractivity contribution >= 4 is 23.2 Å². The van der Waals surface area contributed by atoms with Gasteiger partial charge in [-0.05, 0) is 73.3 Å². The van der Waals surface area contributed by atoms with Crippen LogP contribution in [0.3, 0.4) is 0 Å². The molecule has 0 bridgehead atoms. The van der Waals surface area contributed by atoms with Crippen molar-refractivity contribution in [1.29, 1.82) is 0 Å². The smallest absolute Gasteiger partial charge is 0.180 e. The Labute approximate surface area is 284 Å². The lowest BCUT2D eigenvalue weighted by Crippen LogP contribution is -2.44. The van der Waals surface area contributed by atoms with Crippen LogP contribution in [0, 0.1) is 24.7 Å². The van der Waals surface area contributed by atoms with Gasteiger partial charge in [-0.1, -0.05) is 99.0 Å². The Bertz CT molecular complexity index is 1730. The predicted octanol–water partition coefficient (Wildman–Crippen LogP) is 9.82. The number of halogens is 1. The molecule has 3 aliphatic rings. The van der Waals surface area contributed by atoms with Crippen LogP contribution in [0.2, 0.25) is 5.02 Å². The molecule has 1 aliphatic heterocycles. The Kier molecular flexibility index (Phi) is 8.90. The van der Waals surface area contributed by atoms with Crippen molar-refractivity contribution in [3.8, 4) is 11.5 Å². The van der Waals surface area contributed by atoms with Gasteiger partial charge in [0.25, 0.3) is 0 Å². The van der Waals surface area contributed by atoms with Gasteiger partial charge in [-0.25, -0.2) is 0 Å². The molecule has 0 radical (unpaired) electrons. The summed E-state index contributed by atoms with van der Waals surface area (Å²) < 4.78 is 12.5. The molecule has 6 heteroatoms. The predicted molar refractivity (Wildman–Crippen MR) is 188 cm³/mol. The summed E-state index contributed by atoms with van der Waals surface area (Å²) in [6.07, 6.45) is 2.33. The van der Waals surface area contributed by atoms with E-state index in [4.69, 9.17) is 21.1 Å². The molecule has 47 heavy (non-hydrogen) atoms. The van der Waals surface area contributed by atoms with Crippen LogP contribution in [0.25, 0.3) is 0 Å². The minimum absolute atomic E-state index is 0.0905. The third kappa shape index (κ3) is 6.78. The van der Waals surface area contributed by atoms with E-state index in [1.165, 1.54) is 11.1 Å². The zero-order valence-corrected chi connectivity index (χ0v) is 29.5. The number of ether oxygens (including phenoxy) is 2. The fourth-order valence-corrected chi connectivity index (χ4v) is 8.08. The quantitative estimate of drug-likeness (QED) is 0.243. The molecular formula is C41H46ClNO4. The molecule has 1 heterocycles. The first-order chi connectivity index (χ1) is 22.2. The van der Waals surface area contributed by atoms with Crippen LogP contribution in [0.1, 0.15) is 94.0 Å². The average molecular weight is 652 g/mol. The molecule has 0 fully saturated rings. The van der Waals surface area contributed by atoms with E-state index in [2.05, 4.69) is 76.8 Å². The van der Waals surface area contributed by atoms with E-state index in [1.807, 2.05) is 37.3 Å². The van der Waals surface area contributed by atoms with E-state index in [0.717, 1.165) is 52.1 Å². The summed E-state index contributed by atoms with van der Waals surface area (Å²) in [5.74, 6) is 0.640. The van der Waals surface area contributed by atoms with Gasteiger partial charge in [-0.15, -0.1) is 0 Å². The molecule has 246 valence electrons. The molecule has 0 N–H and O–H groups in total. The minimum Gasteiger partial charge on any atom is -0.490 e. The van der Waals surface area contributed by atoms with Gasteiger partial charge in [0, 0.05) is 47.8 Å². The number of hydrogen-bond donors (Lipinski definition) is 0. The first-order valence-electron chi connectivity index (χ1n) is 16.8. The van der Waals surface area contributed by atoms with Crippen molar-refractivity contribution < 1.29 is 19.1 Å². The Hall–Kier alpha value is -3.83. The minimum atomic E-state index is -0.524. The van der Waals surface area contributed by atoms with Gasteiger partial charge in [-0.2, -0.15) is 0 Å². The highest BCUT2D eigenvalue weighted by molar-refractivity contribution is 6.32. The lowest BCUT2D eigenvalue weighted by Gasteiger charge is -2.49. The molecule has 0 unspecified atom stereocenters. The monoisotopic (exact) mass is 651 g/mol. The van der Waals surface area contributed by atoms with Crippen LogP contribution in [0.4, 0.5) is 0 Å². The highest BCUT2D eigenvalue weighted by Gasteiger charge is 2.49. The Balaban J connectivity index is 1.51. The molecule has 0 saturated carbocycles. The van der Waals surface area contributed by atoms with Crippen molar-refractivity contribution in [1.82, 2.24) is 4.90 Å². The van der Waals surface area contributed by atoms with Crippen molar-refractivity contribution in [3.63, 3.8) is 0 Å². The van der Waals surface area contributed by atoms with Gasteiger partial charge in [0.05, 0.1) is 11.6 Å². The van der Waals surface area contributed by atoms with Crippen LogP contribution in [-0.2, 0) is 22.7 Å². The lowest BCUT2D eigenvalue weighted by atomic mass is 9.63. The van der Waals surface area contributed by atoms with E-state index < -0.39 is 5.92 Å². The van der Waals surface area contributed by atoms with Crippen LogP contribution in [0.5, 0.6) is 11.5 Å². The summed E-state index contributed by atoms with van der Waals surface area (Å²) in [5, 5.41) is 0.401. The lowest BCUT2D eigenvalue weighted by molar-refractivity contribution is -0.119. The molecule has 3 aromatic carbocycles. The van der Waals surface area contributed by atoms with Gasteiger partial charge in [0.2, 0.25) is 0 Å². The maximum absolute atomic E-state index is 14.3. The van der Waals surface area contributed by atoms with E-state index >= 15 is 0 Å². The summed E-state index contributed by atoms with van der Waals surface area (Å²) in [4.78, 5) is 30.9. The van der Waals surface area contributed by atoms with Crippen LogP contribution >= 0.6 is 11.6 Å². The maximum atomic E-state index is 14.3. The van der Waals surface area contributed by atoms with E-state index in [1.54, 1.807) is 0 Å². The zero-order valence-electron chi connectivity index (χ0n) is 28.8. The molecular weight excluding hydrogens is 606 g/mol. The van der Waals surface area contributed by atoms with Gasteiger partial charge < -0.3 is 14.4 Å². The standard InChI is InChI=1S/C41H46ClNO4/c1-8-46-35-18-29(17-30(42)39(35)47-24-28-15-25(2)14-26(3)16-28)36-37-31(19-40(4,5)21-33(37)44)43(23-27-12-10-9-11-13-27)32-20-41(6,7)22-34(45)38(32)36/h9-18,36H,8,19-24H2,1-7H3. The molecule has 6 rings (SSSR count). The average Bonchev–Trinajstić information content (AvgIpc) is 2.96. The number of benzene rings is 3. The molecule has 5 nitrogen and oxygen atoms in total. The number of nitrogens with zero attached hydrogens (tertiary/aromatic N) is 1. The number of hydrogen-bond acceptors (Lipinski definition) is 5. The summed E-state index contributed by atoms with van der Waals surface area (Å²) in [6, 6.07) is 20.5. The number of ketones is 2. The maximum Gasteiger partial charge on any atom is 0.180 e. The topological polar surface area (TPSA) is 55.8 Å². The Morgan fingerprint density at radius 3 is 1.89 bits per heavy atom. The molecule has 3 aromatic rings.